The molecule has 104 heavy (non-hydrogen) atoms. The van der Waals surface area contributed by atoms with Crippen LogP contribution in [0, 0.1) is 22.0 Å². The van der Waals surface area contributed by atoms with E-state index in [9.17, 15) is 39.5 Å². The predicted molar refractivity (Wildman–Crippen MR) is 426 cm³/mol. The van der Waals surface area contributed by atoms with Crippen molar-refractivity contribution in [1.29, 1.82) is 0 Å². The largest absolute Gasteiger partial charge is 0.514 e. The molecule has 0 spiro atoms. The highest BCUT2D eigenvalue weighted by atomic mass is 79.9. The van der Waals surface area contributed by atoms with Gasteiger partial charge in [0.2, 0.25) is 0 Å². The lowest BCUT2D eigenvalue weighted by Gasteiger charge is -2.18. The van der Waals surface area contributed by atoms with Gasteiger partial charge in [-0.25, -0.2) is 19.2 Å². The summed E-state index contributed by atoms with van der Waals surface area (Å²) in [5.74, 6) is 0.882. The monoisotopic (exact) mass is 1630 g/mol. The molecule has 9 aliphatic carbocycles. The summed E-state index contributed by atoms with van der Waals surface area (Å²) in [5, 5.41) is 52.9. The van der Waals surface area contributed by atoms with Crippen LogP contribution in [0.15, 0.2) is 144 Å². The van der Waals surface area contributed by atoms with Gasteiger partial charge in [0.05, 0.1) is 26.5 Å². The molecule has 0 aromatic heterocycles. The minimum absolute atomic E-state index is 0.0568. The van der Waals surface area contributed by atoms with E-state index in [1.165, 1.54) is 146 Å². The van der Waals surface area contributed by atoms with Gasteiger partial charge in [-0.15, -0.1) is 0 Å². The van der Waals surface area contributed by atoms with Gasteiger partial charge in [0.25, 0.3) is 5.69 Å². The Morgan fingerprint density at radius 2 is 0.981 bits per heavy atom. The number of hydrogen-bond donors (Lipinski definition) is 6. The second-order valence-corrected chi connectivity index (χ2v) is 32.9. The zero-order chi connectivity index (χ0) is 74.4. The SMILES string of the molecule is BrC1(Br)C2CCCCCC21.C1=CCCCCC1.O=C(N[C@@H](CCCCNC(=O)OC1/C=C/CCCCC1)C(=O)O)OCC1c2ccccc2-c2ccccc21.O=C(Oc1ccc([N+](=O)[O-])cc1)OC1/C=C/CCCCC1.OC1/C=C/CCCCC1.OC1/C=C\CCCCC1.OC1CCCCCC=C1Br. The Morgan fingerprint density at radius 1 is 0.529 bits per heavy atom. The van der Waals surface area contributed by atoms with E-state index >= 15 is 0 Å². The van der Waals surface area contributed by atoms with Crippen molar-refractivity contribution in [3.05, 3.63) is 165 Å². The molecule has 0 radical (unpaired) electrons. The molecule has 7 unspecified atom stereocenters. The van der Waals surface area contributed by atoms with Crippen molar-refractivity contribution in [2.45, 2.75) is 290 Å². The van der Waals surface area contributed by atoms with E-state index in [1.807, 2.05) is 66.8 Å². The van der Waals surface area contributed by atoms with Crippen molar-refractivity contribution in [2.24, 2.45) is 11.8 Å². The molecule has 6 N–H and O–H groups in total. The summed E-state index contributed by atoms with van der Waals surface area (Å²) in [5.41, 5.74) is 4.37. The van der Waals surface area contributed by atoms with Crippen LogP contribution >= 0.6 is 47.8 Å². The molecule has 0 heterocycles. The van der Waals surface area contributed by atoms with Crippen molar-refractivity contribution in [3.8, 4) is 16.9 Å². The number of hydrogen-bond acceptors (Lipinski definition) is 13. The van der Waals surface area contributed by atoms with Crippen LogP contribution in [0.2, 0.25) is 0 Å². The molecule has 12 rings (SSSR count). The van der Waals surface area contributed by atoms with E-state index in [0.29, 0.717) is 22.6 Å². The highest BCUT2D eigenvalue weighted by molar-refractivity contribution is 9.25. The maximum Gasteiger partial charge on any atom is 0.514 e. The third-order valence-corrected chi connectivity index (χ3v) is 23.1. The maximum absolute atomic E-state index is 12.5. The van der Waals surface area contributed by atoms with Crippen LogP contribution in [0.5, 0.6) is 5.75 Å². The van der Waals surface area contributed by atoms with Crippen LogP contribution in [-0.2, 0) is 19.0 Å². The number of nitrogens with zero attached hydrogens (tertiary/aromatic N) is 1. The molecule has 20 heteroatoms. The lowest BCUT2D eigenvalue weighted by Crippen LogP contribution is -2.41. The van der Waals surface area contributed by atoms with Crippen LogP contribution < -0.4 is 15.4 Å². The van der Waals surface area contributed by atoms with Crippen LogP contribution in [0.4, 0.5) is 20.1 Å². The molecule has 574 valence electrons. The summed E-state index contributed by atoms with van der Waals surface area (Å²) in [6, 6.07) is 20.3. The van der Waals surface area contributed by atoms with Gasteiger partial charge < -0.3 is 50.0 Å². The number of carboxylic acids is 1. The van der Waals surface area contributed by atoms with Crippen molar-refractivity contribution >= 4 is 77.8 Å². The number of benzene rings is 3. The van der Waals surface area contributed by atoms with Crippen LogP contribution in [0.3, 0.4) is 0 Å². The van der Waals surface area contributed by atoms with E-state index in [0.717, 1.165) is 141 Å². The zero-order valence-electron chi connectivity index (χ0n) is 61.2. The minimum Gasteiger partial charge on any atom is -0.480 e. The van der Waals surface area contributed by atoms with Crippen molar-refractivity contribution < 1.29 is 63.5 Å². The molecule has 3 aromatic rings. The number of alkyl carbamates (subject to hydrolysis) is 2. The number of fused-ring (bicyclic) bond motifs is 4. The standard InChI is InChI=1S/C30H36N2O6.C15H17NO5.C8H12Br2.C8H13BrO.2C8H14O.C7H12/c33-28(34)27(18-10-11-19-31-29(35)38-21-12-4-2-1-3-5-13-21)32-30(36)37-20-26-24-16-8-6-14-22(24)23-15-7-9-17-25(23)26;17-15(20-13-6-4-2-1-3-5-7-13)21-14-10-8-12(9-11-14)16(18)19;9-8(10)6-4-2-1-3-5-7(6)8;9-7-5-3-1-2-4-6-8(7)10;2*9-8-6-4-2-1-3-5-7-8;1-2-4-6-7-5-3-1/h4,6-9,12,14-17,21,26-27H,1-3,5,10-11,13,18-20H2,(H,31,35)(H,32,36)(H,33,34);4,6,8-11,13H,1-3,5,7H2;6-7H,1-5H2;5,8,10H,1-4,6H2;2*4,6,8-9H,1-3,5,7H2;1-2H,3-7H2/b12-4+;6-4+;;;6-4+;6-4-;/t21?,27-;;;;;;/m0....../s1. The number of nitro benzene ring substituents is 1. The number of halogens is 3. The molecular formula is C84H118Br3N3O14. The number of alkyl halides is 2. The zero-order valence-corrected chi connectivity index (χ0v) is 66.0. The quantitative estimate of drug-likeness (QED) is 0.0136. The van der Waals surface area contributed by atoms with Crippen LogP contribution in [0.25, 0.3) is 11.1 Å². The fourth-order valence-corrected chi connectivity index (χ4v) is 16.1. The Labute approximate surface area is 644 Å². The second kappa shape index (κ2) is 51.4. The fourth-order valence-electron chi connectivity index (χ4n) is 13.8. The van der Waals surface area contributed by atoms with Gasteiger partial charge in [-0.05, 0) is 225 Å². The number of allylic oxidation sites excluding steroid dienone is 7. The van der Waals surface area contributed by atoms with Crippen LogP contribution in [0.1, 0.15) is 261 Å². The molecule has 3 aromatic carbocycles. The molecule has 0 aliphatic heterocycles. The van der Waals surface area contributed by atoms with Gasteiger partial charge in [0.1, 0.15) is 30.6 Å². The van der Waals surface area contributed by atoms with Gasteiger partial charge in [0, 0.05) is 29.1 Å². The first-order valence-corrected chi connectivity index (χ1v) is 41.4. The van der Waals surface area contributed by atoms with E-state index < -0.39 is 35.3 Å². The van der Waals surface area contributed by atoms with E-state index in [-0.39, 0.29) is 60.9 Å². The molecule has 2 amide bonds. The summed E-state index contributed by atoms with van der Waals surface area (Å²) >= 11 is 10.8. The Bertz CT molecular complexity index is 3080. The number of aliphatic carboxylic acids is 1. The molecule has 0 bridgehead atoms. The Morgan fingerprint density at radius 3 is 1.51 bits per heavy atom. The molecule has 9 aliphatic rings. The molecule has 2 saturated carbocycles. The second-order valence-electron chi connectivity index (χ2n) is 28.3. The first-order valence-electron chi connectivity index (χ1n) is 39.0. The Hall–Kier alpha value is -5.90. The Balaban J connectivity index is 0.000000214. The number of nitro groups is 1. The average molecular weight is 1630 g/mol. The topological polar surface area (TPSA) is 253 Å². The number of aliphatic hydroxyl groups is 3. The average Bonchev–Trinajstić information content (AvgIpc) is 1.59. The number of ether oxygens (including phenoxy) is 4. The number of unbranched alkanes of at least 4 members (excludes halogenated alkanes) is 1. The molecule has 17 nitrogen and oxygen atoms in total. The molecular weight excluding hydrogens is 1510 g/mol. The van der Waals surface area contributed by atoms with Crippen molar-refractivity contribution in [3.63, 3.8) is 0 Å². The normalized spacial score (nSPS) is 24.8. The number of amides is 2. The van der Waals surface area contributed by atoms with Gasteiger partial charge >= 0.3 is 24.3 Å². The van der Waals surface area contributed by atoms with Crippen molar-refractivity contribution in [2.75, 3.05) is 13.2 Å². The molecule has 8 atom stereocenters. The van der Waals surface area contributed by atoms with E-state index in [2.05, 4.69) is 107 Å². The summed E-state index contributed by atoms with van der Waals surface area (Å²) in [7, 11) is 0. The first-order chi connectivity index (χ1) is 50.5. The minimum atomic E-state index is -1.12. The van der Waals surface area contributed by atoms with E-state index in [1.54, 1.807) is 0 Å². The number of nitrogens with one attached hydrogen (secondary N) is 2. The van der Waals surface area contributed by atoms with Gasteiger partial charge in [-0.1, -0.05) is 228 Å². The number of carbonyl (C=O) groups is 4. The van der Waals surface area contributed by atoms with Crippen LogP contribution in [-0.4, -0.2) is 103 Å². The maximum atomic E-state index is 12.5. The summed E-state index contributed by atoms with van der Waals surface area (Å²) < 4.78 is 22.5. The first kappa shape index (κ1) is 87.0. The lowest BCUT2D eigenvalue weighted by atomic mass is 9.98. The highest BCUT2D eigenvalue weighted by Gasteiger charge is 2.60. The summed E-state index contributed by atoms with van der Waals surface area (Å²) in [6.45, 7) is 0.487. The Kier molecular flexibility index (Phi) is 43.0. The number of rotatable bonds is 13. The van der Waals surface area contributed by atoms with Gasteiger partial charge in [0.15, 0.2) is 0 Å². The number of non-ortho nitro benzene ring substituents is 1. The fraction of sp³-hybridized carbons (Fsp3) is 0.595. The number of aliphatic hydroxyl groups excluding tert-OH is 3. The van der Waals surface area contributed by atoms with Gasteiger partial charge in [-0.3, -0.25) is 10.1 Å². The smallest absolute Gasteiger partial charge is 0.480 e. The van der Waals surface area contributed by atoms with E-state index in [4.69, 9.17) is 29.2 Å². The van der Waals surface area contributed by atoms with Crippen molar-refractivity contribution in [1.82, 2.24) is 10.6 Å². The number of carbonyl (C=O) groups excluding carboxylic acids is 3. The summed E-state index contributed by atoms with van der Waals surface area (Å²) in [4.78, 5) is 57.9. The number of carboxylic acid groups (broad SMARTS) is 1. The lowest BCUT2D eigenvalue weighted by molar-refractivity contribution is -0.384. The molecule has 2 fully saturated rings. The van der Waals surface area contributed by atoms with Gasteiger partial charge in [-0.2, -0.15) is 0 Å². The third-order valence-electron chi connectivity index (χ3n) is 19.9. The molecule has 0 saturated heterocycles. The third kappa shape index (κ3) is 35.2. The highest BCUT2D eigenvalue weighted by Crippen LogP contribution is 2.66. The predicted octanol–water partition coefficient (Wildman–Crippen LogP) is 22.3. The summed E-state index contributed by atoms with van der Waals surface area (Å²) in [6.07, 6.45) is 62.7.